The number of rotatable bonds is 3. The van der Waals surface area contributed by atoms with Crippen LogP contribution in [0.4, 0.5) is 0 Å². The van der Waals surface area contributed by atoms with E-state index in [-0.39, 0.29) is 0 Å². The second-order valence-corrected chi connectivity index (χ2v) is 4.18. The molecule has 2 heteroatoms. The van der Waals surface area contributed by atoms with Crippen LogP contribution in [0, 0.1) is 13.8 Å². The minimum atomic E-state index is 0.764. The van der Waals surface area contributed by atoms with Gasteiger partial charge in [0.05, 0.1) is 0 Å². The van der Waals surface area contributed by atoms with Crippen LogP contribution < -0.4 is 5.73 Å². The Hall–Kier alpha value is -0.340. The third-order valence-electron chi connectivity index (χ3n) is 2.30. The van der Waals surface area contributed by atoms with Crippen LogP contribution >= 0.6 is 15.9 Å². The molecule has 1 aromatic rings. The van der Waals surface area contributed by atoms with Gasteiger partial charge in [-0.25, -0.2) is 0 Å². The highest BCUT2D eigenvalue weighted by atomic mass is 79.9. The van der Waals surface area contributed by atoms with Crippen molar-refractivity contribution in [2.45, 2.75) is 26.7 Å². The Labute approximate surface area is 88.5 Å². The summed E-state index contributed by atoms with van der Waals surface area (Å²) in [5.41, 5.74) is 9.56. The quantitative estimate of drug-likeness (QED) is 0.866. The lowest BCUT2D eigenvalue weighted by molar-refractivity contribution is 0.824. The molecule has 1 nitrogen and oxygen atoms in total. The van der Waals surface area contributed by atoms with Gasteiger partial charge in [0.2, 0.25) is 0 Å². The highest BCUT2D eigenvalue weighted by Gasteiger charge is 2.05. The van der Waals surface area contributed by atoms with Crippen LogP contribution in [-0.4, -0.2) is 6.54 Å². The molecule has 0 saturated carbocycles. The molecular weight excluding hydrogens is 226 g/mol. The van der Waals surface area contributed by atoms with Crippen LogP contribution in [-0.2, 0) is 6.42 Å². The van der Waals surface area contributed by atoms with Gasteiger partial charge < -0.3 is 5.73 Å². The lowest BCUT2D eigenvalue weighted by Gasteiger charge is -2.10. The molecule has 0 amide bonds. The molecule has 0 aliphatic rings. The van der Waals surface area contributed by atoms with E-state index in [1.165, 1.54) is 21.2 Å². The first-order valence-electron chi connectivity index (χ1n) is 4.61. The number of benzene rings is 1. The van der Waals surface area contributed by atoms with Crippen LogP contribution in [0.3, 0.4) is 0 Å². The highest BCUT2D eigenvalue weighted by Crippen LogP contribution is 2.25. The molecule has 0 bridgehead atoms. The van der Waals surface area contributed by atoms with Gasteiger partial charge in [-0.15, -0.1) is 0 Å². The Morgan fingerprint density at radius 1 is 1.23 bits per heavy atom. The normalized spacial score (nSPS) is 10.5. The minimum Gasteiger partial charge on any atom is -0.330 e. The second kappa shape index (κ2) is 4.77. The molecule has 0 aliphatic heterocycles. The zero-order valence-corrected chi connectivity index (χ0v) is 9.82. The molecule has 1 aromatic carbocycles. The maximum Gasteiger partial charge on any atom is 0.0239 e. The average Bonchev–Trinajstić information content (AvgIpc) is 2.12. The molecule has 0 aliphatic carbocycles. The fourth-order valence-corrected chi connectivity index (χ4v) is 2.06. The molecule has 0 heterocycles. The van der Waals surface area contributed by atoms with Gasteiger partial charge in [0.25, 0.3) is 0 Å². The summed E-state index contributed by atoms with van der Waals surface area (Å²) < 4.78 is 1.25. The standard InChI is InChI=1S/C11H16BrN/c1-8-5-6-9(2)11(12)10(8)4-3-7-13/h5-6H,3-4,7,13H2,1-2H3. The number of aryl methyl sites for hydroxylation is 2. The zero-order chi connectivity index (χ0) is 9.84. The van der Waals surface area contributed by atoms with Crippen LogP contribution in [0.5, 0.6) is 0 Å². The predicted octanol–water partition coefficient (Wildman–Crippen LogP) is 2.96. The van der Waals surface area contributed by atoms with Crippen molar-refractivity contribution in [2.75, 3.05) is 6.54 Å². The summed E-state index contributed by atoms with van der Waals surface area (Å²) in [5, 5.41) is 0. The molecule has 0 saturated heterocycles. The monoisotopic (exact) mass is 241 g/mol. The van der Waals surface area contributed by atoms with Crippen molar-refractivity contribution in [3.63, 3.8) is 0 Å². The van der Waals surface area contributed by atoms with Gasteiger partial charge in [0.1, 0.15) is 0 Å². The van der Waals surface area contributed by atoms with Gasteiger partial charge in [-0.2, -0.15) is 0 Å². The van der Waals surface area contributed by atoms with Crippen molar-refractivity contribution < 1.29 is 0 Å². The molecule has 0 atom stereocenters. The maximum atomic E-state index is 5.50. The van der Waals surface area contributed by atoms with E-state index in [9.17, 15) is 0 Å². The van der Waals surface area contributed by atoms with E-state index in [1.54, 1.807) is 0 Å². The molecule has 13 heavy (non-hydrogen) atoms. The van der Waals surface area contributed by atoms with Gasteiger partial charge in [-0.3, -0.25) is 0 Å². The summed E-state index contributed by atoms with van der Waals surface area (Å²) in [6.07, 6.45) is 2.13. The van der Waals surface area contributed by atoms with Crippen LogP contribution in [0.25, 0.3) is 0 Å². The first kappa shape index (κ1) is 10.7. The molecule has 0 radical (unpaired) electrons. The Morgan fingerprint density at radius 2 is 1.85 bits per heavy atom. The largest absolute Gasteiger partial charge is 0.330 e. The third kappa shape index (κ3) is 2.55. The van der Waals surface area contributed by atoms with Crippen molar-refractivity contribution in [1.82, 2.24) is 0 Å². The Balaban J connectivity index is 2.96. The fraction of sp³-hybridized carbons (Fsp3) is 0.455. The first-order chi connectivity index (χ1) is 6.16. The van der Waals surface area contributed by atoms with E-state index in [4.69, 9.17) is 5.73 Å². The molecule has 0 aromatic heterocycles. The van der Waals surface area contributed by atoms with Crippen LogP contribution in [0.2, 0.25) is 0 Å². The summed E-state index contributed by atoms with van der Waals surface area (Å²) >= 11 is 3.62. The summed E-state index contributed by atoms with van der Waals surface area (Å²) in [7, 11) is 0. The average molecular weight is 242 g/mol. The molecule has 0 unspecified atom stereocenters. The number of halogens is 1. The van der Waals surface area contributed by atoms with Crippen molar-refractivity contribution in [3.05, 3.63) is 33.3 Å². The van der Waals surface area contributed by atoms with Crippen molar-refractivity contribution in [1.29, 1.82) is 0 Å². The van der Waals surface area contributed by atoms with E-state index in [0.717, 1.165) is 19.4 Å². The molecule has 1 rings (SSSR count). The van der Waals surface area contributed by atoms with Crippen molar-refractivity contribution >= 4 is 15.9 Å². The zero-order valence-electron chi connectivity index (χ0n) is 8.23. The molecule has 0 fully saturated rings. The van der Waals surface area contributed by atoms with Crippen LogP contribution in [0.1, 0.15) is 23.1 Å². The number of hydrogen-bond acceptors (Lipinski definition) is 1. The molecule has 72 valence electrons. The van der Waals surface area contributed by atoms with Gasteiger partial charge in [0, 0.05) is 4.47 Å². The Kier molecular flexibility index (Phi) is 3.94. The summed E-state index contributed by atoms with van der Waals surface area (Å²) in [6.45, 7) is 5.03. The molecule has 2 N–H and O–H groups in total. The maximum absolute atomic E-state index is 5.50. The van der Waals surface area contributed by atoms with E-state index >= 15 is 0 Å². The summed E-state index contributed by atoms with van der Waals surface area (Å²) in [5.74, 6) is 0. The first-order valence-corrected chi connectivity index (χ1v) is 5.40. The van der Waals surface area contributed by atoms with Gasteiger partial charge >= 0.3 is 0 Å². The number of hydrogen-bond donors (Lipinski definition) is 1. The smallest absolute Gasteiger partial charge is 0.0239 e. The SMILES string of the molecule is Cc1ccc(C)c(CCCN)c1Br. The third-order valence-corrected chi connectivity index (χ3v) is 3.41. The molecule has 0 spiro atoms. The Morgan fingerprint density at radius 3 is 2.46 bits per heavy atom. The lowest BCUT2D eigenvalue weighted by atomic mass is 10.0. The molecular formula is C11H16BrN. The van der Waals surface area contributed by atoms with Gasteiger partial charge in [-0.1, -0.05) is 28.1 Å². The Bertz CT molecular complexity index is 294. The van der Waals surface area contributed by atoms with Gasteiger partial charge in [-0.05, 0) is 49.9 Å². The van der Waals surface area contributed by atoms with Crippen molar-refractivity contribution in [2.24, 2.45) is 5.73 Å². The van der Waals surface area contributed by atoms with Gasteiger partial charge in [0.15, 0.2) is 0 Å². The van der Waals surface area contributed by atoms with Crippen LogP contribution in [0.15, 0.2) is 16.6 Å². The van der Waals surface area contributed by atoms with E-state index < -0.39 is 0 Å². The topological polar surface area (TPSA) is 26.0 Å². The second-order valence-electron chi connectivity index (χ2n) is 3.38. The summed E-state index contributed by atoms with van der Waals surface area (Å²) in [6, 6.07) is 4.32. The van der Waals surface area contributed by atoms with Crippen molar-refractivity contribution in [3.8, 4) is 0 Å². The summed E-state index contributed by atoms with van der Waals surface area (Å²) in [4.78, 5) is 0. The minimum absolute atomic E-state index is 0.764. The van der Waals surface area contributed by atoms with E-state index in [2.05, 4.69) is 41.9 Å². The van der Waals surface area contributed by atoms with E-state index in [1.807, 2.05) is 0 Å². The predicted molar refractivity (Wildman–Crippen MR) is 61.0 cm³/mol. The highest BCUT2D eigenvalue weighted by molar-refractivity contribution is 9.10. The van der Waals surface area contributed by atoms with E-state index in [0.29, 0.717) is 0 Å². The lowest BCUT2D eigenvalue weighted by Crippen LogP contribution is -2.02. The number of nitrogens with two attached hydrogens (primary N) is 1. The fourth-order valence-electron chi connectivity index (χ4n) is 1.42.